The highest BCUT2D eigenvalue weighted by Gasteiger charge is 2.23. The van der Waals surface area contributed by atoms with Crippen LogP contribution in [0.3, 0.4) is 0 Å². The molecule has 0 aromatic carbocycles. The predicted octanol–water partition coefficient (Wildman–Crippen LogP) is 1.44. The van der Waals surface area contributed by atoms with Crippen LogP contribution >= 0.6 is 0 Å². The van der Waals surface area contributed by atoms with E-state index in [4.69, 9.17) is 10.5 Å². The van der Waals surface area contributed by atoms with Gasteiger partial charge in [0.15, 0.2) is 5.82 Å². The van der Waals surface area contributed by atoms with Crippen LogP contribution in [0, 0.1) is 5.92 Å². The first-order valence-electron chi connectivity index (χ1n) is 6.66. The fourth-order valence-electron chi connectivity index (χ4n) is 2.36. The first-order chi connectivity index (χ1) is 8.70. The Morgan fingerprint density at radius 1 is 1.56 bits per heavy atom. The smallest absolute Gasteiger partial charge is 0.234 e. The summed E-state index contributed by atoms with van der Waals surface area (Å²) >= 11 is 0. The molecule has 2 heterocycles. The molecule has 5 heteroatoms. The Hall–Kier alpha value is -1.36. The molecule has 2 unspecified atom stereocenters. The number of piperidine rings is 1. The number of hydrogen-bond acceptors (Lipinski definition) is 5. The summed E-state index contributed by atoms with van der Waals surface area (Å²) in [7, 11) is 0. The summed E-state index contributed by atoms with van der Waals surface area (Å²) in [5.74, 6) is 2.03. The molecular weight excluding hydrogens is 228 g/mol. The van der Waals surface area contributed by atoms with Crippen LogP contribution in [0.2, 0.25) is 0 Å². The summed E-state index contributed by atoms with van der Waals surface area (Å²) in [6.07, 6.45) is 5.81. The van der Waals surface area contributed by atoms with Crippen LogP contribution in [0.15, 0.2) is 12.4 Å². The summed E-state index contributed by atoms with van der Waals surface area (Å²) in [5.41, 5.74) is 6.00. The van der Waals surface area contributed by atoms with Gasteiger partial charge >= 0.3 is 0 Å². The molecule has 2 atom stereocenters. The van der Waals surface area contributed by atoms with Crippen molar-refractivity contribution in [3.05, 3.63) is 12.4 Å². The molecule has 5 nitrogen and oxygen atoms in total. The molecule has 1 aromatic heterocycles. The van der Waals surface area contributed by atoms with E-state index in [1.165, 1.54) is 6.42 Å². The molecule has 0 amide bonds. The minimum Gasteiger partial charge on any atom is -0.477 e. The minimum atomic E-state index is 0.232. The summed E-state index contributed by atoms with van der Waals surface area (Å²) in [6.45, 7) is 6.62. The molecule has 2 rings (SSSR count). The molecule has 2 N–H and O–H groups in total. The van der Waals surface area contributed by atoms with Gasteiger partial charge in [-0.25, -0.2) is 0 Å². The number of aromatic nitrogens is 2. The first kappa shape index (κ1) is 13.1. The van der Waals surface area contributed by atoms with Crippen molar-refractivity contribution in [1.29, 1.82) is 0 Å². The fraction of sp³-hybridized carbons (Fsp3) is 0.692. The number of rotatable bonds is 4. The van der Waals surface area contributed by atoms with Crippen LogP contribution in [0.25, 0.3) is 0 Å². The molecule has 1 aliphatic rings. The van der Waals surface area contributed by atoms with Gasteiger partial charge in [-0.1, -0.05) is 0 Å². The second kappa shape index (κ2) is 6.00. The zero-order valence-corrected chi connectivity index (χ0v) is 11.2. The molecule has 0 radical (unpaired) electrons. The van der Waals surface area contributed by atoms with E-state index < -0.39 is 0 Å². The van der Waals surface area contributed by atoms with Crippen molar-refractivity contribution in [3.63, 3.8) is 0 Å². The van der Waals surface area contributed by atoms with Crippen molar-refractivity contribution in [2.24, 2.45) is 11.7 Å². The van der Waals surface area contributed by atoms with Crippen LogP contribution in [-0.4, -0.2) is 35.7 Å². The standard InChI is InChI=1S/C13H22N4O/c1-3-18-13-8-15-7-12(16-13)17-6-4-5-11(9-17)10(2)14/h7-8,10-11H,3-6,9,14H2,1-2H3. The van der Waals surface area contributed by atoms with Gasteiger partial charge < -0.3 is 15.4 Å². The van der Waals surface area contributed by atoms with Crippen molar-refractivity contribution in [2.45, 2.75) is 32.7 Å². The lowest BCUT2D eigenvalue weighted by atomic mass is 9.92. The molecule has 0 aliphatic carbocycles. The third-order valence-electron chi connectivity index (χ3n) is 3.42. The first-order valence-corrected chi connectivity index (χ1v) is 6.66. The second-order valence-electron chi connectivity index (χ2n) is 4.86. The lowest BCUT2D eigenvalue weighted by Crippen LogP contribution is -2.42. The topological polar surface area (TPSA) is 64.3 Å². The van der Waals surface area contributed by atoms with E-state index in [0.717, 1.165) is 25.3 Å². The molecule has 100 valence electrons. The largest absolute Gasteiger partial charge is 0.477 e. The van der Waals surface area contributed by atoms with E-state index in [9.17, 15) is 0 Å². The zero-order valence-electron chi connectivity index (χ0n) is 11.2. The van der Waals surface area contributed by atoms with Crippen molar-refractivity contribution in [2.75, 3.05) is 24.6 Å². The summed E-state index contributed by atoms with van der Waals surface area (Å²) in [6, 6.07) is 0.232. The number of anilines is 1. The number of nitrogens with two attached hydrogens (primary N) is 1. The zero-order chi connectivity index (χ0) is 13.0. The highest BCUT2D eigenvalue weighted by atomic mass is 16.5. The SMILES string of the molecule is CCOc1cncc(N2CCCC(C(C)N)C2)n1. The monoisotopic (exact) mass is 250 g/mol. The summed E-state index contributed by atoms with van der Waals surface area (Å²) in [4.78, 5) is 10.9. The molecule has 0 spiro atoms. The van der Waals surface area contributed by atoms with Gasteiger partial charge in [-0.15, -0.1) is 0 Å². The van der Waals surface area contributed by atoms with E-state index in [0.29, 0.717) is 18.4 Å². The number of nitrogens with zero attached hydrogens (tertiary/aromatic N) is 3. The minimum absolute atomic E-state index is 0.232. The van der Waals surface area contributed by atoms with E-state index in [2.05, 4.69) is 21.8 Å². The molecule has 0 saturated carbocycles. The molecule has 1 fully saturated rings. The molecule has 1 aromatic rings. The third kappa shape index (κ3) is 3.10. The van der Waals surface area contributed by atoms with Crippen molar-refractivity contribution in [3.8, 4) is 5.88 Å². The predicted molar refractivity (Wildman–Crippen MR) is 71.8 cm³/mol. The number of hydrogen-bond donors (Lipinski definition) is 1. The fourth-order valence-corrected chi connectivity index (χ4v) is 2.36. The van der Waals surface area contributed by atoms with Crippen molar-refractivity contribution < 1.29 is 4.74 Å². The molecular formula is C13H22N4O. The maximum absolute atomic E-state index is 6.00. The van der Waals surface area contributed by atoms with Crippen molar-refractivity contribution in [1.82, 2.24) is 9.97 Å². The highest BCUT2D eigenvalue weighted by Crippen LogP contribution is 2.23. The average molecular weight is 250 g/mol. The van der Waals surface area contributed by atoms with Gasteiger partial charge in [-0.3, -0.25) is 4.98 Å². The van der Waals surface area contributed by atoms with E-state index >= 15 is 0 Å². The molecule has 18 heavy (non-hydrogen) atoms. The van der Waals surface area contributed by atoms with E-state index in [1.54, 1.807) is 12.4 Å². The van der Waals surface area contributed by atoms with Crippen molar-refractivity contribution >= 4 is 5.82 Å². The van der Waals surface area contributed by atoms with Gasteiger partial charge in [-0.2, -0.15) is 4.98 Å². The van der Waals surface area contributed by atoms with Crippen LogP contribution in [-0.2, 0) is 0 Å². The quantitative estimate of drug-likeness (QED) is 0.876. The Morgan fingerprint density at radius 2 is 2.39 bits per heavy atom. The summed E-state index contributed by atoms with van der Waals surface area (Å²) in [5, 5.41) is 0. The highest BCUT2D eigenvalue weighted by molar-refractivity contribution is 5.38. The van der Waals surface area contributed by atoms with Gasteiger partial charge in [0.05, 0.1) is 19.0 Å². The lowest BCUT2D eigenvalue weighted by Gasteiger charge is -2.35. The molecule has 0 bridgehead atoms. The maximum Gasteiger partial charge on any atom is 0.234 e. The van der Waals surface area contributed by atoms with Gasteiger partial charge in [0, 0.05) is 19.1 Å². The Balaban J connectivity index is 2.08. The average Bonchev–Trinajstić information content (AvgIpc) is 2.39. The maximum atomic E-state index is 6.00. The van der Waals surface area contributed by atoms with Gasteiger partial charge in [0.25, 0.3) is 0 Å². The molecule has 1 aliphatic heterocycles. The third-order valence-corrected chi connectivity index (χ3v) is 3.42. The Bertz CT molecular complexity index is 383. The number of ether oxygens (including phenoxy) is 1. The molecule has 1 saturated heterocycles. The van der Waals surface area contributed by atoms with Crippen LogP contribution < -0.4 is 15.4 Å². The normalized spacial score (nSPS) is 21.7. The second-order valence-corrected chi connectivity index (χ2v) is 4.86. The summed E-state index contributed by atoms with van der Waals surface area (Å²) < 4.78 is 5.39. The van der Waals surface area contributed by atoms with Gasteiger partial charge in [0.2, 0.25) is 5.88 Å². The van der Waals surface area contributed by atoms with Crippen LogP contribution in [0.5, 0.6) is 5.88 Å². The Morgan fingerprint density at radius 3 is 3.11 bits per heavy atom. The van der Waals surface area contributed by atoms with E-state index in [-0.39, 0.29) is 6.04 Å². The van der Waals surface area contributed by atoms with Gasteiger partial charge in [-0.05, 0) is 32.6 Å². The van der Waals surface area contributed by atoms with E-state index in [1.807, 2.05) is 6.92 Å². The van der Waals surface area contributed by atoms with Crippen LogP contribution in [0.4, 0.5) is 5.82 Å². The van der Waals surface area contributed by atoms with Gasteiger partial charge in [0.1, 0.15) is 0 Å². The Kier molecular flexibility index (Phi) is 4.36. The lowest BCUT2D eigenvalue weighted by molar-refractivity contribution is 0.323. The Labute approximate surface area is 108 Å². The van der Waals surface area contributed by atoms with Crippen LogP contribution in [0.1, 0.15) is 26.7 Å².